The van der Waals surface area contributed by atoms with Crippen molar-refractivity contribution in [2.75, 3.05) is 0 Å². The molecule has 3 nitrogen and oxygen atoms in total. The second-order valence-corrected chi connectivity index (χ2v) is 1.50. The third kappa shape index (κ3) is 1.73. The minimum atomic E-state index is -0.0671. The topological polar surface area (TPSA) is 43.4 Å². The molecule has 0 saturated carbocycles. The van der Waals surface area contributed by atoms with Gasteiger partial charge < -0.3 is 9.53 Å². The summed E-state index contributed by atoms with van der Waals surface area (Å²) in [5.41, 5.74) is 0. The largest absolute Gasteiger partial charge is 0.462 e. The molecule has 46 valence electrons. The van der Waals surface area contributed by atoms with Crippen molar-refractivity contribution >= 4 is 12.8 Å². The number of rotatable bonds is 0. The number of carbonyl (C=O) groups is 2. The molecule has 0 N–H and O–H groups in total. The predicted octanol–water partition coefficient (Wildman–Crippen LogP) is 0.137. The Morgan fingerprint density at radius 3 is 2.12 bits per heavy atom. The van der Waals surface area contributed by atoms with E-state index in [1.54, 1.807) is 0 Å². The zero-order valence-corrected chi connectivity index (χ0v) is 4.72. The van der Waals surface area contributed by atoms with Crippen molar-refractivity contribution in [3.05, 3.63) is 0 Å². The quantitative estimate of drug-likeness (QED) is 0.423. The number of hydrogen-bond donors (Lipinski definition) is 0. The van der Waals surface area contributed by atoms with E-state index in [2.05, 4.69) is 4.74 Å². The van der Waals surface area contributed by atoms with Crippen LogP contribution in [0.5, 0.6) is 0 Å². The van der Waals surface area contributed by atoms with Crippen LogP contribution in [0, 0.1) is 0 Å². The number of ether oxygens (including phenoxy) is 1. The number of carbonyl (C=O) groups excluding carboxylic acids is 2. The highest BCUT2D eigenvalue weighted by Crippen LogP contribution is 2.10. The van der Waals surface area contributed by atoms with Crippen LogP contribution in [0.2, 0.25) is 0 Å². The summed E-state index contributed by atoms with van der Waals surface area (Å²) in [5, 5.41) is 0. The Balaban J connectivity index is 0.000000222. The molecule has 1 rings (SSSR count). The molecule has 0 spiro atoms. The molecule has 1 aliphatic heterocycles. The molecular weight excluding hydrogens is 108 g/mol. The van der Waals surface area contributed by atoms with Gasteiger partial charge in [0.05, 0.1) is 6.42 Å². The van der Waals surface area contributed by atoms with Crippen LogP contribution in [0.15, 0.2) is 0 Å². The molecule has 0 aliphatic carbocycles. The lowest BCUT2D eigenvalue weighted by Gasteiger charge is -2.20. The fourth-order valence-corrected chi connectivity index (χ4v) is 0.449. The average Bonchev–Trinajstić information content (AvgIpc) is 1.70. The Labute approximate surface area is 47.6 Å². The standard InChI is InChI=1S/C4H6O2.CH2O/c1-3-2-4(5)6-3;1-2/h3H,2H2,1H3;1H2. The van der Waals surface area contributed by atoms with Crippen LogP contribution in [0.3, 0.4) is 0 Å². The molecule has 0 aromatic heterocycles. The van der Waals surface area contributed by atoms with Crippen LogP contribution >= 0.6 is 0 Å². The Kier molecular flexibility index (Phi) is 2.84. The Hall–Kier alpha value is -0.860. The average molecular weight is 116 g/mol. The maximum absolute atomic E-state index is 9.89. The van der Waals surface area contributed by atoms with Crippen molar-refractivity contribution < 1.29 is 14.3 Å². The lowest BCUT2D eigenvalue weighted by Crippen LogP contribution is -2.29. The van der Waals surface area contributed by atoms with Gasteiger partial charge in [0.25, 0.3) is 0 Å². The molecule has 8 heavy (non-hydrogen) atoms. The second-order valence-electron chi connectivity index (χ2n) is 1.50. The summed E-state index contributed by atoms with van der Waals surface area (Å²) >= 11 is 0. The maximum atomic E-state index is 9.89. The predicted molar refractivity (Wildman–Crippen MR) is 27.3 cm³/mol. The molecule has 1 aliphatic rings. The number of esters is 1. The van der Waals surface area contributed by atoms with E-state index in [4.69, 9.17) is 4.79 Å². The van der Waals surface area contributed by atoms with Crippen molar-refractivity contribution in [2.24, 2.45) is 0 Å². The van der Waals surface area contributed by atoms with Crippen LogP contribution in [0.1, 0.15) is 13.3 Å². The zero-order chi connectivity index (χ0) is 6.57. The van der Waals surface area contributed by atoms with Crippen molar-refractivity contribution in [1.82, 2.24) is 0 Å². The molecular formula is C5H8O3. The van der Waals surface area contributed by atoms with Crippen LogP contribution in [-0.4, -0.2) is 18.9 Å². The summed E-state index contributed by atoms with van der Waals surface area (Å²) in [7, 11) is 0. The van der Waals surface area contributed by atoms with Gasteiger partial charge in [-0.1, -0.05) is 0 Å². The lowest BCUT2D eigenvalue weighted by molar-refractivity contribution is -0.167. The normalized spacial score (nSPS) is 24.1. The third-order valence-corrected chi connectivity index (χ3v) is 0.787. The highest BCUT2D eigenvalue weighted by Gasteiger charge is 2.22. The molecule has 1 atom stereocenters. The second kappa shape index (κ2) is 3.18. The van der Waals surface area contributed by atoms with Crippen LogP contribution in [0.4, 0.5) is 0 Å². The van der Waals surface area contributed by atoms with E-state index in [9.17, 15) is 4.79 Å². The third-order valence-electron chi connectivity index (χ3n) is 0.787. The van der Waals surface area contributed by atoms with E-state index in [0.717, 1.165) is 0 Å². The summed E-state index contributed by atoms with van der Waals surface area (Å²) < 4.78 is 4.50. The highest BCUT2D eigenvalue weighted by atomic mass is 16.6. The van der Waals surface area contributed by atoms with E-state index in [1.165, 1.54) is 0 Å². The highest BCUT2D eigenvalue weighted by molar-refractivity contribution is 5.74. The Morgan fingerprint density at radius 2 is 2.12 bits per heavy atom. The van der Waals surface area contributed by atoms with Gasteiger partial charge in [0.2, 0.25) is 0 Å². The Morgan fingerprint density at radius 1 is 1.75 bits per heavy atom. The van der Waals surface area contributed by atoms with Gasteiger partial charge in [0.1, 0.15) is 12.9 Å². The molecule has 0 aromatic rings. The van der Waals surface area contributed by atoms with Gasteiger partial charge in [-0.05, 0) is 6.92 Å². The first-order chi connectivity index (χ1) is 3.79. The first-order valence-corrected chi connectivity index (χ1v) is 2.27. The van der Waals surface area contributed by atoms with Crippen LogP contribution < -0.4 is 0 Å². The van der Waals surface area contributed by atoms with E-state index >= 15 is 0 Å². The van der Waals surface area contributed by atoms with Gasteiger partial charge in [-0.2, -0.15) is 0 Å². The molecule has 1 saturated heterocycles. The fraction of sp³-hybridized carbons (Fsp3) is 0.600. The van der Waals surface area contributed by atoms with Gasteiger partial charge in [-0.25, -0.2) is 0 Å². The molecule has 0 bridgehead atoms. The van der Waals surface area contributed by atoms with Gasteiger partial charge >= 0.3 is 5.97 Å². The SMILES string of the molecule is C=O.CC1CC(=O)O1. The molecule has 0 radical (unpaired) electrons. The fourth-order valence-electron chi connectivity index (χ4n) is 0.449. The van der Waals surface area contributed by atoms with Crippen LogP contribution in [-0.2, 0) is 14.3 Å². The maximum Gasteiger partial charge on any atom is 0.309 e. The number of cyclic esters (lactones) is 1. The van der Waals surface area contributed by atoms with Gasteiger partial charge in [0, 0.05) is 0 Å². The molecule has 3 heteroatoms. The summed E-state index contributed by atoms with van der Waals surface area (Å²) in [5.74, 6) is -0.0671. The zero-order valence-electron chi connectivity index (χ0n) is 4.72. The molecule has 1 fully saturated rings. The van der Waals surface area contributed by atoms with Gasteiger partial charge in [0.15, 0.2) is 0 Å². The molecule has 0 aromatic carbocycles. The number of hydrogen-bond acceptors (Lipinski definition) is 3. The summed E-state index contributed by atoms with van der Waals surface area (Å²) in [6.07, 6.45) is 0.803. The summed E-state index contributed by atoms with van der Waals surface area (Å²) in [4.78, 5) is 17.9. The van der Waals surface area contributed by atoms with Crippen LogP contribution in [0.25, 0.3) is 0 Å². The first kappa shape index (κ1) is 7.14. The molecule has 1 unspecified atom stereocenters. The van der Waals surface area contributed by atoms with Crippen molar-refractivity contribution in [2.45, 2.75) is 19.4 Å². The van der Waals surface area contributed by atoms with E-state index in [-0.39, 0.29) is 12.1 Å². The smallest absolute Gasteiger partial charge is 0.309 e. The first-order valence-electron chi connectivity index (χ1n) is 2.27. The summed E-state index contributed by atoms with van der Waals surface area (Å²) in [6, 6.07) is 0. The van der Waals surface area contributed by atoms with Crippen molar-refractivity contribution in [3.63, 3.8) is 0 Å². The Bertz CT molecular complexity index is 81.7. The van der Waals surface area contributed by atoms with E-state index < -0.39 is 0 Å². The van der Waals surface area contributed by atoms with Gasteiger partial charge in [-0.15, -0.1) is 0 Å². The molecule has 1 heterocycles. The van der Waals surface area contributed by atoms with Gasteiger partial charge in [-0.3, -0.25) is 4.79 Å². The van der Waals surface area contributed by atoms with E-state index in [0.29, 0.717) is 6.42 Å². The molecule has 0 amide bonds. The lowest BCUT2D eigenvalue weighted by atomic mass is 10.2. The minimum Gasteiger partial charge on any atom is -0.462 e. The monoisotopic (exact) mass is 116 g/mol. The minimum absolute atomic E-state index is 0.0671. The van der Waals surface area contributed by atoms with Crippen molar-refractivity contribution in [3.8, 4) is 0 Å². The van der Waals surface area contributed by atoms with E-state index in [1.807, 2.05) is 13.7 Å². The van der Waals surface area contributed by atoms with Crippen molar-refractivity contribution in [1.29, 1.82) is 0 Å². The summed E-state index contributed by atoms with van der Waals surface area (Å²) in [6.45, 7) is 3.88.